The molecule has 0 aromatic carbocycles. The van der Waals surface area contributed by atoms with Crippen LogP contribution < -0.4 is 10.1 Å². The lowest BCUT2D eigenvalue weighted by molar-refractivity contribution is 0.397. The quantitative estimate of drug-likeness (QED) is 0.859. The van der Waals surface area contributed by atoms with Crippen LogP contribution in [0.4, 0.5) is 5.82 Å². The second kappa shape index (κ2) is 4.75. The van der Waals surface area contributed by atoms with E-state index in [0.717, 1.165) is 12.4 Å². The van der Waals surface area contributed by atoms with E-state index in [-0.39, 0.29) is 0 Å². The number of rotatable bonds is 4. The first-order valence-electron chi connectivity index (χ1n) is 4.51. The summed E-state index contributed by atoms with van der Waals surface area (Å²) in [5.41, 5.74) is 0. The average molecular weight is 221 g/mol. The van der Waals surface area contributed by atoms with Crippen LogP contribution in [0, 0.1) is 0 Å². The molecule has 78 valence electrons. The summed E-state index contributed by atoms with van der Waals surface area (Å²) in [6, 6.07) is 5.88. The second-order valence-electron chi connectivity index (χ2n) is 2.88. The normalized spacial score (nSPS) is 9.93. The SMILES string of the molecule is COc1cc(NCc2cccs2)ncn1. The molecule has 0 aliphatic carbocycles. The summed E-state index contributed by atoms with van der Waals surface area (Å²) in [7, 11) is 1.59. The Balaban J connectivity index is 1.98. The number of hydrogen-bond acceptors (Lipinski definition) is 5. The maximum Gasteiger partial charge on any atom is 0.218 e. The van der Waals surface area contributed by atoms with Gasteiger partial charge in [-0.3, -0.25) is 0 Å². The Hall–Kier alpha value is -1.62. The lowest BCUT2D eigenvalue weighted by atomic mass is 10.4. The van der Waals surface area contributed by atoms with Crippen molar-refractivity contribution in [3.05, 3.63) is 34.8 Å². The summed E-state index contributed by atoms with van der Waals surface area (Å²) >= 11 is 1.71. The Kier molecular flexibility index (Phi) is 3.14. The number of ether oxygens (including phenoxy) is 1. The molecule has 2 rings (SSSR count). The molecule has 2 aromatic heterocycles. The maximum atomic E-state index is 5.00. The zero-order valence-electron chi connectivity index (χ0n) is 8.30. The monoisotopic (exact) mass is 221 g/mol. The zero-order chi connectivity index (χ0) is 10.5. The van der Waals surface area contributed by atoms with Crippen molar-refractivity contribution in [2.45, 2.75) is 6.54 Å². The van der Waals surface area contributed by atoms with Crippen LogP contribution in [0.2, 0.25) is 0 Å². The number of nitrogens with one attached hydrogen (secondary N) is 1. The van der Waals surface area contributed by atoms with Gasteiger partial charge in [0, 0.05) is 10.9 Å². The minimum atomic E-state index is 0.568. The third-order valence-corrected chi connectivity index (χ3v) is 2.75. The summed E-state index contributed by atoms with van der Waals surface area (Å²) in [6.07, 6.45) is 1.48. The molecule has 0 spiro atoms. The largest absolute Gasteiger partial charge is 0.481 e. The molecule has 0 unspecified atom stereocenters. The van der Waals surface area contributed by atoms with Crippen LogP contribution in [0.15, 0.2) is 29.9 Å². The molecule has 0 radical (unpaired) electrons. The van der Waals surface area contributed by atoms with Gasteiger partial charge in [0.2, 0.25) is 5.88 Å². The lowest BCUT2D eigenvalue weighted by Crippen LogP contribution is -2.00. The third kappa shape index (κ3) is 2.66. The van der Waals surface area contributed by atoms with Gasteiger partial charge in [-0.15, -0.1) is 11.3 Å². The van der Waals surface area contributed by atoms with E-state index >= 15 is 0 Å². The maximum absolute atomic E-state index is 5.00. The fourth-order valence-electron chi connectivity index (χ4n) is 1.14. The van der Waals surface area contributed by atoms with E-state index in [2.05, 4.69) is 26.7 Å². The first kappa shape index (κ1) is 9.92. The highest BCUT2D eigenvalue weighted by atomic mass is 32.1. The van der Waals surface area contributed by atoms with Crippen molar-refractivity contribution in [2.75, 3.05) is 12.4 Å². The van der Waals surface area contributed by atoms with E-state index in [4.69, 9.17) is 4.74 Å². The Morgan fingerprint density at radius 1 is 1.47 bits per heavy atom. The molecule has 0 atom stereocenters. The Bertz CT molecular complexity index is 416. The van der Waals surface area contributed by atoms with Gasteiger partial charge in [0.05, 0.1) is 13.7 Å². The van der Waals surface area contributed by atoms with E-state index in [1.54, 1.807) is 24.5 Å². The third-order valence-electron chi connectivity index (χ3n) is 1.87. The molecule has 0 amide bonds. The Labute approximate surface area is 92.0 Å². The van der Waals surface area contributed by atoms with Gasteiger partial charge < -0.3 is 10.1 Å². The summed E-state index contributed by atoms with van der Waals surface area (Å²) in [6.45, 7) is 0.776. The summed E-state index contributed by atoms with van der Waals surface area (Å²) in [5.74, 6) is 1.34. The van der Waals surface area contributed by atoms with E-state index < -0.39 is 0 Å². The molecule has 0 aliphatic rings. The van der Waals surface area contributed by atoms with Crippen molar-refractivity contribution in [2.24, 2.45) is 0 Å². The molecule has 15 heavy (non-hydrogen) atoms. The highest BCUT2D eigenvalue weighted by Crippen LogP contribution is 2.13. The van der Waals surface area contributed by atoms with Gasteiger partial charge >= 0.3 is 0 Å². The first-order valence-corrected chi connectivity index (χ1v) is 5.39. The van der Waals surface area contributed by atoms with Gasteiger partial charge in [-0.25, -0.2) is 9.97 Å². The second-order valence-corrected chi connectivity index (χ2v) is 3.91. The van der Waals surface area contributed by atoms with E-state index in [0.29, 0.717) is 5.88 Å². The Morgan fingerprint density at radius 3 is 3.13 bits per heavy atom. The molecular weight excluding hydrogens is 210 g/mol. The van der Waals surface area contributed by atoms with Crippen molar-refractivity contribution in [1.29, 1.82) is 0 Å². The van der Waals surface area contributed by atoms with Crippen molar-refractivity contribution in [3.8, 4) is 5.88 Å². The highest BCUT2D eigenvalue weighted by molar-refractivity contribution is 7.09. The van der Waals surface area contributed by atoms with Crippen LogP contribution in [0.5, 0.6) is 5.88 Å². The standard InChI is InChI=1S/C10H11N3OS/c1-14-10-5-9(12-7-13-10)11-6-8-3-2-4-15-8/h2-5,7H,6H2,1H3,(H,11,12,13). The van der Waals surface area contributed by atoms with Crippen molar-refractivity contribution in [3.63, 3.8) is 0 Å². The minimum absolute atomic E-state index is 0.568. The smallest absolute Gasteiger partial charge is 0.218 e. The molecular formula is C10H11N3OS. The average Bonchev–Trinajstić information content (AvgIpc) is 2.79. The number of methoxy groups -OCH3 is 1. The fourth-order valence-corrected chi connectivity index (χ4v) is 1.78. The summed E-state index contributed by atoms with van der Waals surface area (Å²) < 4.78 is 5.00. The number of hydrogen-bond donors (Lipinski definition) is 1. The summed E-state index contributed by atoms with van der Waals surface area (Å²) in [4.78, 5) is 9.29. The van der Waals surface area contributed by atoms with E-state index in [1.807, 2.05) is 6.07 Å². The zero-order valence-corrected chi connectivity index (χ0v) is 9.12. The lowest BCUT2D eigenvalue weighted by Gasteiger charge is -2.04. The molecule has 0 saturated heterocycles. The minimum Gasteiger partial charge on any atom is -0.481 e. The summed E-state index contributed by atoms with van der Waals surface area (Å²) in [5, 5.41) is 5.25. The molecule has 1 N–H and O–H groups in total. The number of aromatic nitrogens is 2. The van der Waals surface area contributed by atoms with Crippen LogP contribution in [0.3, 0.4) is 0 Å². The van der Waals surface area contributed by atoms with Crippen LogP contribution in [0.1, 0.15) is 4.88 Å². The van der Waals surface area contributed by atoms with Crippen LogP contribution in [-0.4, -0.2) is 17.1 Å². The van der Waals surface area contributed by atoms with Crippen molar-refractivity contribution < 1.29 is 4.74 Å². The molecule has 0 saturated carbocycles. The predicted molar refractivity (Wildman–Crippen MR) is 60.2 cm³/mol. The fraction of sp³-hybridized carbons (Fsp3) is 0.200. The van der Waals surface area contributed by atoms with Gasteiger partial charge in [0.25, 0.3) is 0 Å². The van der Waals surface area contributed by atoms with Crippen LogP contribution >= 0.6 is 11.3 Å². The molecule has 0 bridgehead atoms. The van der Waals surface area contributed by atoms with Gasteiger partial charge in [-0.05, 0) is 11.4 Å². The molecule has 5 heteroatoms. The van der Waals surface area contributed by atoms with Crippen LogP contribution in [0.25, 0.3) is 0 Å². The van der Waals surface area contributed by atoms with Gasteiger partial charge in [-0.2, -0.15) is 0 Å². The van der Waals surface area contributed by atoms with Gasteiger partial charge in [0.1, 0.15) is 12.1 Å². The van der Waals surface area contributed by atoms with Crippen molar-refractivity contribution in [1.82, 2.24) is 9.97 Å². The predicted octanol–water partition coefficient (Wildman–Crippen LogP) is 2.16. The number of nitrogens with zero attached hydrogens (tertiary/aromatic N) is 2. The molecule has 2 heterocycles. The van der Waals surface area contributed by atoms with Crippen LogP contribution in [-0.2, 0) is 6.54 Å². The van der Waals surface area contributed by atoms with Gasteiger partial charge in [-0.1, -0.05) is 6.07 Å². The molecule has 4 nitrogen and oxygen atoms in total. The van der Waals surface area contributed by atoms with Gasteiger partial charge in [0.15, 0.2) is 0 Å². The molecule has 0 aliphatic heterocycles. The number of thiophene rings is 1. The molecule has 0 fully saturated rings. The number of anilines is 1. The van der Waals surface area contributed by atoms with E-state index in [9.17, 15) is 0 Å². The Morgan fingerprint density at radius 2 is 2.40 bits per heavy atom. The molecule has 2 aromatic rings. The first-order chi connectivity index (χ1) is 7.38. The topological polar surface area (TPSA) is 47.0 Å². The highest BCUT2D eigenvalue weighted by Gasteiger charge is 1.98. The van der Waals surface area contributed by atoms with Crippen molar-refractivity contribution >= 4 is 17.2 Å². The van der Waals surface area contributed by atoms with E-state index in [1.165, 1.54) is 11.2 Å².